The maximum Gasteiger partial charge on any atom is 0.255 e. The molecule has 23 heavy (non-hydrogen) atoms. The first-order valence-corrected chi connectivity index (χ1v) is 7.20. The van der Waals surface area contributed by atoms with Crippen LogP contribution in [-0.4, -0.2) is 25.0 Å². The van der Waals surface area contributed by atoms with E-state index in [2.05, 4.69) is 5.32 Å². The number of anilines is 1. The number of ether oxygens (including phenoxy) is 2. The van der Waals surface area contributed by atoms with Gasteiger partial charge in [-0.2, -0.15) is 0 Å². The fourth-order valence-corrected chi connectivity index (χ4v) is 2.32. The number of nitrogens with one attached hydrogen (secondary N) is 1. The molecule has 6 heteroatoms. The van der Waals surface area contributed by atoms with E-state index in [0.717, 1.165) is 17.7 Å². The number of hydrogen-bond acceptors (Lipinski definition) is 4. The van der Waals surface area contributed by atoms with Crippen molar-refractivity contribution in [3.05, 3.63) is 53.6 Å². The Balaban J connectivity index is 1.64. The molecular formula is C17H16N2O4. The molecule has 1 heterocycles. The number of rotatable bonds is 5. The van der Waals surface area contributed by atoms with Crippen molar-refractivity contribution in [3.63, 3.8) is 0 Å². The Kier molecular flexibility index (Phi) is 4.14. The van der Waals surface area contributed by atoms with Crippen LogP contribution >= 0.6 is 0 Å². The highest BCUT2D eigenvalue weighted by atomic mass is 16.5. The van der Waals surface area contributed by atoms with Gasteiger partial charge in [0.1, 0.15) is 11.5 Å². The third-order valence-corrected chi connectivity index (χ3v) is 3.44. The fraction of sp³-hybridized carbons (Fsp3) is 0.176. The number of amides is 2. The molecule has 3 rings (SSSR count). The number of nitrogens with two attached hydrogens (primary N) is 1. The van der Waals surface area contributed by atoms with Crippen LogP contribution in [0, 0.1) is 0 Å². The van der Waals surface area contributed by atoms with Gasteiger partial charge in [0.2, 0.25) is 0 Å². The van der Waals surface area contributed by atoms with Gasteiger partial charge in [0.05, 0.1) is 6.61 Å². The van der Waals surface area contributed by atoms with E-state index in [1.54, 1.807) is 30.3 Å². The molecule has 3 N–H and O–H groups in total. The van der Waals surface area contributed by atoms with Crippen LogP contribution in [0.1, 0.15) is 15.9 Å². The molecule has 0 fully saturated rings. The summed E-state index contributed by atoms with van der Waals surface area (Å²) < 4.78 is 10.6. The first kappa shape index (κ1) is 14.9. The Morgan fingerprint density at radius 3 is 2.70 bits per heavy atom. The van der Waals surface area contributed by atoms with E-state index in [1.807, 2.05) is 12.1 Å². The van der Waals surface area contributed by atoms with Gasteiger partial charge in [-0.3, -0.25) is 9.59 Å². The summed E-state index contributed by atoms with van der Waals surface area (Å²) in [5.41, 5.74) is 7.28. The minimum atomic E-state index is -0.539. The average molecular weight is 312 g/mol. The lowest BCUT2D eigenvalue weighted by molar-refractivity contribution is -0.119. The Labute approximate surface area is 133 Å². The molecule has 0 bridgehead atoms. The Bertz CT molecular complexity index is 741. The molecule has 6 nitrogen and oxygen atoms in total. The Morgan fingerprint density at radius 2 is 1.96 bits per heavy atom. The predicted molar refractivity (Wildman–Crippen MR) is 84.7 cm³/mol. The highest BCUT2D eigenvalue weighted by Gasteiger charge is 2.15. The second kappa shape index (κ2) is 6.39. The summed E-state index contributed by atoms with van der Waals surface area (Å²) in [4.78, 5) is 22.9. The van der Waals surface area contributed by atoms with Crippen molar-refractivity contribution in [3.8, 4) is 11.5 Å². The summed E-state index contributed by atoms with van der Waals surface area (Å²) in [7, 11) is 0. The Morgan fingerprint density at radius 1 is 1.17 bits per heavy atom. The molecule has 118 valence electrons. The summed E-state index contributed by atoms with van der Waals surface area (Å²) in [6.45, 7) is 0.482. The molecule has 0 saturated carbocycles. The number of fused-ring (bicyclic) bond motifs is 1. The molecular weight excluding hydrogens is 296 g/mol. The standard InChI is InChI=1S/C17H16N2O4/c18-16(20)10-23-14-4-2-13(3-5-14)19-17(21)12-1-6-15-11(9-12)7-8-22-15/h1-6,9H,7-8,10H2,(H2,18,20)(H,19,21). The van der Waals surface area contributed by atoms with E-state index in [-0.39, 0.29) is 12.5 Å². The molecule has 1 aliphatic heterocycles. The zero-order chi connectivity index (χ0) is 16.2. The van der Waals surface area contributed by atoms with Gasteiger partial charge >= 0.3 is 0 Å². The van der Waals surface area contributed by atoms with Gasteiger partial charge in [-0.1, -0.05) is 0 Å². The lowest BCUT2D eigenvalue weighted by Crippen LogP contribution is -2.20. The van der Waals surface area contributed by atoms with Crippen LogP contribution in [-0.2, 0) is 11.2 Å². The second-order valence-corrected chi connectivity index (χ2v) is 5.15. The molecule has 0 aliphatic carbocycles. The minimum absolute atomic E-state index is 0.178. The summed E-state index contributed by atoms with van der Waals surface area (Å²) in [5, 5.41) is 2.81. The smallest absolute Gasteiger partial charge is 0.255 e. The molecule has 2 aromatic rings. The van der Waals surface area contributed by atoms with Crippen molar-refractivity contribution in [2.24, 2.45) is 5.73 Å². The largest absolute Gasteiger partial charge is 0.493 e. The predicted octanol–water partition coefficient (Wildman–Crippen LogP) is 1.74. The van der Waals surface area contributed by atoms with Crippen molar-refractivity contribution in [1.82, 2.24) is 0 Å². The van der Waals surface area contributed by atoms with Gasteiger partial charge in [0.25, 0.3) is 11.8 Å². The van der Waals surface area contributed by atoms with Crippen LogP contribution in [0.15, 0.2) is 42.5 Å². The van der Waals surface area contributed by atoms with Crippen LogP contribution in [0.5, 0.6) is 11.5 Å². The summed E-state index contributed by atoms with van der Waals surface area (Å²) >= 11 is 0. The quantitative estimate of drug-likeness (QED) is 0.880. The number of carbonyl (C=O) groups excluding carboxylic acids is 2. The van der Waals surface area contributed by atoms with Gasteiger partial charge in [-0.15, -0.1) is 0 Å². The zero-order valence-corrected chi connectivity index (χ0v) is 12.4. The molecule has 1 aliphatic rings. The number of benzene rings is 2. The van der Waals surface area contributed by atoms with Gasteiger partial charge in [-0.05, 0) is 48.0 Å². The van der Waals surface area contributed by atoms with E-state index in [9.17, 15) is 9.59 Å². The van der Waals surface area contributed by atoms with E-state index in [1.165, 1.54) is 0 Å². The van der Waals surface area contributed by atoms with Gasteiger partial charge in [0.15, 0.2) is 6.61 Å². The van der Waals surface area contributed by atoms with Crippen molar-refractivity contribution in [2.75, 3.05) is 18.5 Å². The normalized spacial score (nSPS) is 12.2. The lowest BCUT2D eigenvalue weighted by Gasteiger charge is -2.08. The van der Waals surface area contributed by atoms with Crippen molar-refractivity contribution in [1.29, 1.82) is 0 Å². The molecule has 0 radical (unpaired) electrons. The zero-order valence-electron chi connectivity index (χ0n) is 12.4. The van der Waals surface area contributed by atoms with Crippen LogP contribution in [0.25, 0.3) is 0 Å². The van der Waals surface area contributed by atoms with Gasteiger partial charge in [0, 0.05) is 17.7 Å². The van der Waals surface area contributed by atoms with Crippen molar-refractivity contribution < 1.29 is 19.1 Å². The van der Waals surface area contributed by atoms with E-state index < -0.39 is 5.91 Å². The molecule has 0 aromatic heterocycles. The van der Waals surface area contributed by atoms with Crippen LogP contribution < -0.4 is 20.5 Å². The third kappa shape index (κ3) is 3.60. The van der Waals surface area contributed by atoms with Gasteiger partial charge < -0.3 is 20.5 Å². The topological polar surface area (TPSA) is 90.7 Å². The van der Waals surface area contributed by atoms with E-state index in [0.29, 0.717) is 23.6 Å². The lowest BCUT2D eigenvalue weighted by atomic mass is 10.1. The fourth-order valence-electron chi connectivity index (χ4n) is 2.32. The maximum absolute atomic E-state index is 12.3. The molecule has 2 aromatic carbocycles. The minimum Gasteiger partial charge on any atom is -0.493 e. The van der Waals surface area contributed by atoms with Crippen LogP contribution in [0.3, 0.4) is 0 Å². The highest BCUT2D eigenvalue weighted by molar-refractivity contribution is 6.04. The first-order chi connectivity index (χ1) is 11.1. The van der Waals surface area contributed by atoms with Gasteiger partial charge in [-0.25, -0.2) is 0 Å². The molecule has 0 atom stereocenters. The Hall–Kier alpha value is -3.02. The third-order valence-electron chi connectivity index (χ3n) is 3.44. The van der Waals surface area contributed by atoms with E-state index >= 15 is 0 Å². The number of primary amides is 1. The second-order valence-electron chi connectivity index (χ2n) is 5.15. The first-order valence-electron chi connectivity index (χ1n) is 7.20. The summed E-state index contributed by atoms with van der Waals surface area (Å²) in [6.07, 6.45) is 0.822. The molecule has 0 unspecified atom stereocenters. The summed E-state index contributed by atoms with van der Waals surface area (Å²) in [5.74, 6) is 0.627. The van der Waals surface area contributed by atoms with E-state index in [4.69, 9.17) is 15.2 Å². The van der Waals surface area contributed by atoms with Crippen molar-refractivity contribution in [2.45, 2.75) is 6.42 Å². The number of hydrogen-bond donors (Lipinski definition) is 2. The van der Waals surface area contributed by atoms with Crippen LogP contribution in [0.2, 0.25) is 0 Å². The number of carbonyl (C=O) groups is 2. The molecule has 0 spiro atoms. The maximum atomic E-state index is 12.3. The van der Waals surface area contributed by atoms with Crippen molar-refractivity contribution >= 4 is 17.5 Å². The van der Waals surface area contributed by atoms with Crippen LogP contribution in [0.4, 0.5) is 5.69 Å². The monoisotopic (exact) mass is 312 g/mol. The average Bonchev–Trinajstić information content (AvgIpc) is 3.01. The molecule has 0 saturated heterocycles. The SMILES string of the molecule is NC(=O)COc1ccc(NC(=O)c2ccc3c(c2)CCO3)cc1. The molecule has 2 amide bonds. The summed E-state index contributed by atoms with van der Waals surface area (Å²) in [6, 6.07) is 12.1. The highest BCUT2D eigenvalue weighted by Crippen LogP contribution is 2.26.